The van der Waals surface area contributed by atoms with Crippen molar-refractivity contribution in [2.75, 3.05) is 13.6 Å². The number of halogens is 3. The maximum absolute atomic E-state index is 13.2. The summed E-state index contributed by atoms with van der Waals surface area (Å²) in [6.07, 6.45) is -1.28. The maximum atomic E-state index is 13.2. The third kappa shape index (κ3) is 4.11. The molecule has 28 heavy (non-hydrogen) atoms. The number of hydrogen-bond acceptors (Lipinski definition) is 4. The average Bonchev–Trinajstić information content (AvgIpc) is 2.97. The zero-order valence-corrected chi connectivity index (χ0v) is 16.5. The highest BCUT2D eigenvalue weighted by Crippen LogP contribution is 2.44. The van der Waals surface area contributed by atoms with Crippen molar-refractivity contribution in [1.29, 1.82) is 5.26 Å². The molecule has 152 valence electrons. The molecule has 1 amide bonds. The number of amides is 1. The van der Waals surface area contributed by atoms with Gasteiger partial charge >= 0.3 is 6.18 Å². The lowest BCUT2D eigenvalue weighted by Crippen LogP contribution is -2.39. The van der Waals surface area contributed by atoms with Gasteiger partial charge in [-0.25, -0.2) is 0 Å². The topological polar surface area (TPSA) is 79.0 Å². The molecule has 0 N–H and O–H groups in total. The van der Waals surface area contributed by atoms with Crippen LogP contribution in [0.4, 0.5) is 13.2 Å². The van der Waals surface area contributed by atoms with Crippen LogP contribution in [0, 0.1) is 22.2 Å². The summed E-state index contributed by atoms with van der Waals surface area (Å²) in [6.45, 7) is 5.57. The van der Waals surface area contributed by atoms with E-state index in [9.17, 15) is 28.0 Å². The molecular formula is C19H23F3N4O2. The first kappa shape index (κ1) is 21.7. The second-order valence-corrected chi connectivity index (χ2v) is 8.22. The molecule has 0 fully saturated rings. The van der Waals surface area contributed by atoms with E-state index in [1.165, 1.54) is 11.9 Å². The lowest BCUT2D eigenvalue weighted by molar-refractivity contribution is -0.144. The van der Waals surface area contributed by atoms with Crippen LogP contribution in [0.5, 0.6) is 0 Å². The molecule has 0 spiro atoms. The predicted octanol–water partition coefficient (Wildman–Crippen LogP) is 3.36. The summed E-state index contributed by atoms with van der Waals surface area (Å²) >= 11 is 0. The normalized spacial score (nSPS) is 21.8. The van der Waals surface area contributed by atoms with Gasteiger partial charge in [-0.3, -0.25) is 14.3 Å². The molecule has 9 heteroatoms. The van der Waals surface area contributed by atoms with E-state index in [0.717, 1.165) is 13.2 Å². The van der Waals surface area contributed by atoms with Gasteiger partial charge in [-0.2, -0.15) is 23.5 Å². The second kappa shape index (κ2) is 7.08. The van der Waals surface area contributed by atoms with Gasteiger partial charge in [-0.05, 0) is 18.3 Å². The average molecular weight is 396 g/mol. The molecule has 2 rings (SSSR count). The summed E-state index contributed by atoms with van der Waals surface area (Å²) in [4.78, 5) is 26.0. The standard InChI is InChI=1S/C19H23F3N4O2/c1-17(2)11-18(3,8-12(9-23)15(17)27)6-7-25(4)16(28)13-10-24-26(5)14(13)19(20,21)22/h8,10H,6-7,11H2,1-5H3/t18-/m1/s1. The summed E-state index contributed by atoms with van der Waals surface area (Å²) < 4.78 is 40.3. The van der Waals surface area contributed by atoms with Crippen LogP contribution in [0.15, 0.2) is 17.8 Å². The number of carbonyl (C=O) groups excluding carboxylic acids is 2. The fraction of sp³-hybridized carbons (Fsp3) is 0.579. The highest BCUT2D eigenvalue weighted by molar-refractivity contribution is 6.03. The number of rotatable bonds is 4. The van der Waals surface area contributed by atoms with Gasteiger partial charge in [0.05, 0.1) is 17.3 Å². The van der Waals surface area contributed by atoms with Gasteiger partial charge in [-0.15, -0.1) is 0 Å². The second-order valence-electron chi connectivity index (χ2n) is 8.22. The van der Waals surface area contributed by atoms with Crippen LogP contribution in [0.25, 0.3) is 0 Å². The molecule has 0 bridgehead atoms. The molecule has 0 unspecified atom stereocenters. The third-order valence-electron chi connectivity index (χ3n) is 5.12. The SMILES string of the molecule is CN(CC[C@]1(C)C=C(C#N)C(=O)C(C)(C)C1)C(=O)c1cnn(C)c1C(F)(F)F. The number of ketones is 1. The Morgan fingerprint density at radius 1 is 1.39 bits per heavy atom. The zero-order chi connectivity index (χ0) is 21.5. The van der Waals surface area contributed by atoms with Gasteiger partial charge in [0.2, 0.25) is 0 Å². The van der Waals surface area contributed by atoms with Crippen molar-refractivity contribution in [3.05, 3.63) is 29.1 Å². The van der Waals surface area contributed by atoms with Crippen LogP contribution in [0.2, 0.25) is 0 Å². The van der Waals surface area contributed by atoms with Crippen LogP contribution >= 0.6 is 0 Å². The van der Waals surface area contributed by atoms with E-state index in [4.69, 9.17) is 0 Å². The van der Waals surface area contributed by atoms with E-state index < -0.39 is 34.2 Å². The number of alkyl halides is 3. The van der Waals surface area contributed by atoms with Gasteiger partial charge < -0.3 is 4.90 Å². The molecule has 1 aliphatic rings. The van der Waals surface area contributed by atoms with Gasteiger partial charge in [0.15, 0.2) is 11.5 Å². The fourth-order valence-electron chi connectivity index (χ4n) is 3.82. The van der Waals surface area contributed by atoms with Crippen LogP contribution in [0.1, 0.15) is 49.7 Å². The van der Waals surface area contributed by atoms with Crippen molar-refractivity contribution < 1.29 is 22.8 Å². The highest BCUT2D eigenvalue weighted by atomic mass is 19.4. The molecule has 0 radical (unpaired) electrons. The van der Waals surface area contributed by atoms with E-state index in [0.29, 0.717) is 17.5 Å². The van der Waals surface area contributed by atoms with Gasteiger partial charge in [0.25, 0.3) is 5.91 Å². The first-order valence-corrected chi connectivity index (χ1v) is 8.74. The van der Waals surface area contributed by atoms with E-state index in [1.54, 1.807) is 19.9 Å². The van der Waals surface area contributed by atoms with E-state index in [2.05, 4.69) is 5.10 Å². The van der Waals surface area contributed by atoms with Crippen LogP contribution in [-0.2, 0) is 18.0 Å². The molecule has 1 aromatic heterocycles. The monoisotopic (exact) mass is 396 g/mol. The first-order valence-electron chi connectivity index (χ1n) is 8.74. The number of aromatic nitrogens is 2. The molecule has 0 saturated carbocycles. The Bertz CT molecular complexity index is 877. The zero-order valence-electron chi connectivity index (χ0n) is 16.5. The van der Waals surface area contributed by atoms with Crippen molar-refractivity contribution in [2.24, 2.45) is 17.9 Å². The van der Waals surface area contributed by atoms with E-state index in [-0.39, 0.29) is 17.9 Å². The van der Waals surface area contributed by atoms with Gasteiger partial charge in [0.1, 0.15) is 6.07 Å². The van der Waals surface area contributed by atoms with Crippen molar-refractivity contribution in [1.82, 2.24) is 14.7 Å². The maximum Gasteiger partial charge on any atom is 0.433 e. The molecule has 1 aromatic rings. The Morgan fingerprint density at radius 2 is 2.00 bits per heavy atom. The number of nitrogens with zero attached hydrogens (tertiary/aromatic N) is 4. The minimum Gasteiger partial charge on any atom is -0.342 e. The molecule has 1 heterocycles. The first-order chi connectivity index (χ1) is 12.7. The summed E-state index contributed by atoms with van der Waals surface area (Å²) in [5, 5.41) is 12.8. The predicted molar refractivity (Wildman–Crippen MR) is 95.0 cm³/mol. The van der Waals surface area contributed by atoms with Crippen molar-refractivity contribution >= 4 is 11.7 Å². The largest absolute Gasteiger partial charge is 0.433 e. The lowest BCUT2D eigenvalue weighted by atomic mass is 9.64. The summed E-state index contributed by atoms with van der Waals surface area (Å²) in [6, 6.07) is 1.92. The summed E-state index contributed by atoms with van der Waals surface area (Å²) in [5.41, 5.74) is -2.76. The number of hydrogen-bond donors (Lipinski definition) is 0. The Balaban J connectivity index is 2.20. The number of nitriles is 1. The number of carbonyl (C=O) groups is 2. The quantitative estimate of drug-likeness (QED) is 0.782. The minimum atomic E-state index is -4.69. The van der Waals surface area contributed by atoms with Crippen LogP contribution in [-0.4, -0.2) is 40.0 Å². The Morgan fingerprint density at radius 3 is 2.54 bits per heavy atom. The number of Topliss-reactive ketones (excluding diaryl/α,β-unsaturated/α-hetero) is 1. The molecular weight excluding hydrogens is 373 g/mol. The van der Waals surface area contributed by atoms with E-state index in [1.807, 2.05) is 13.0 Å². The Kier molecular flexibility index (Phi) is 5.48. The van der Waals surface area contributed by atoms with Crippen LogP contribution in [0.3, 0.4) is 0 Å². The third-order valence-corrected chi connectivity index (χ3v) is 5.12. The molecule has 1 atom stereocenters. The van der Waals surface area contributed by atoms with E-state index >= 15 is 0 Å². The Hall–Kier alpha value is -2.63. The fourth-order valence-corrected chi connectivity index (χ4v) is 3.82. The molecule has 0 aliphatic heterocycles. The smallest absolute Gasteiger partial charge is 0.342 e. The van der Waals surface area contributed by atoms with Crippen molar-refractivity contribution in [3.63, 3.8) is 0 Å². The Labute approximate surface area is 161 Å². The van der Waals surface area contributed by atoms with Gasteiger partial charge in [-0.1, -0.05) is 26.8 Å². The highest BCUT2D eigenvalue weighted by Gasteiger charge is 2.43. The number of allylic oxidation sites excluding steroid dienone is 2. The molecule has 0 saturated heterocycles. The summed E-state index contributed by atoms with van der Waals surface area (Å²) in [7, 11) is 2.56. The molecule has 6 nitrogen and oxygen atoms in total. The van der Waals surface area contributed by atoms with Crippen molar-refractivity contribution in [3.8, 4) is 6.07 Å². The number of aryl methyl sites for hydroxylation is 1. The lowest BCUT2D eigenvalue weighted by Gasteiger charge is -2.39. The molecule has 0 aromatic carbocycles. The van der Waals surface area contributed by atoms with Crippen LogP contribution < -0.4 is 0 Å². The van der Waals surface area contributed by atoms with Crippen molar-refractivity contribution in [2.45, 2.75) is 39.8 Å². The molecule has 1 aliphatic carbocycles. The van der Waals surface area contributed by atoms with Gasteiger partial charge in [0, 0.05) is 26.1 Å². The minimum absolute atomic E-state index is 0.0827. The summed E-state index contributed by atoms with van der Waals surface area (Å²) in [5.74, 6) is -0.998.